The van der Waals surface area contributed by atoms with Gasteiger partial charge in [0.2, 0.25) is 5.75 Å². The van der Waals surface area contributed by atoms with Crippen LogP contribution in [0.5, 0.6) is 28.7 Å². The van der Waals surface area contributed by atoms with Crippen LogP contribution in [0.3, 0.4) is 0 Å². The van der Waals surface area contributed by atoms with E-state index >= 15 is 0 Å². The molecule has 1 aliphatic carbocycles. The quantitative estimate of drug-likeness (QED) is 0.380. The van der Waals surface area contributed by atoms with Gasteiger partial charge in [-0.05, 0) is 66.8 Å². The van der Waals surface area contributed by atoms with Gasteiger partial charge in [-0.2, -0.15) is 0 Å². The van der Waals surface area contributed by atoms with Gasteiger partial charge in [-0.15, -0.1) is 12.4 Å². The van der Waals surface area contributed by atoms with Gasteiger partial charge in [0, 0.05) is 17.8 Å². The minimum atomic E-state index is 0. The number of ether oxygens (including phenoxy) is 4. The lowest BCUT2D eigenvalue weighted by molar-refractivity contribution is 0.195. The molecule has 34 heavy (non-hydrogen) atoms. The number of aromatic hydroxyl groups is 1. The van der Waals surface area contributed by atoms with E-state index in [0.29, 0.717) is 53.9 Å². The van der Waals surface area contributed by atoms with Crippen molar-refractivity contribution in [2.24, 2.45) is 5.92 Å². The Kier molecular flexibility index (Phi) is 9.11. The first-order chi connectivity index (χ1) is 16.1. The van der Waals surface area contributed by atoms with Crippen LogP contribution in [0.4, 0.5) is 0 Å². The van der Waals surface area contributed by atoms with Crippen molar-refractivity contribution in [3.8, 4) is 28.7 Å². The fraction of sp³-hybridized carbons (Fsp3) is 0.444. The molecule has 0 aliphatic heterocycles. The van der Waals surface area contributed by atoms with E-state index in [0.717, 1.165) is 16.5 Å². The second kappa shape index (κ2) is 12.0. The molecule has 0 radical (unpaired) electrons. The van der Waals surface area contributed by atoms with Crippen molar-refractivity contribution in [1.29, 1.82) is 0 Å². The summed E-state index contributed by atoms with van der Waals surface area (Å²) in [4.78, 5) is 4.35. The smallest absolute Gasteiger partial charge is 0.203 e. The number of hydrogen-bond acceptors (Lipinski definition) is 6. The Balaban J connectivity index is 0.00000324. The van der Waals surface area contributed by atoms with Gasteiger partial charge in [-0.25, -0.2) is 0 Å². The van der Waals surface area contributed by atoms with E-state index in [1.165, 1.54) is 32.1 Å². The van der Waals surface area contributed by atoms with Gasteiger partial charge < -0.3 is 24.1 Å². The summed E-state index contributed by atoms with van der Waals surface area (Å²) in [5.41, 5.74) is 2.00. The SMILES string of the molecule is CCOc1ccc2c(Cc3cc(OC)c(OCC4CCCCC4)c(OC)c3)cncc2c1O.Cl. The molecule has 2 aromatic carbocycles. The third-order valence-electron chi connectivity index (χ3n) is 6.36. The molecule has 1 saturated carbocycles. The molecule has 184 valence electrons. The van der Waals surface area contributed by atoms with Crippen LogP contribution in [0.2, 0.25) is 0 Å². The standard InChI is InChI=1S/C27H33NO5.ClH/c1-4-32-23-11-10-21-20(15-28-16-22(21)26(23)29)12-19-13-24(30-2)27(25(14-19)31-3)33-17-18-8-6-5-7-9-18;/h10-11,13-16,18,29H,4-9,12,17H2,1-3H3;1H. The number of methoxy groups -OCH3 is 2. The molecule has 1 heterocycles. The third-order valence-corrected chi connectivity index (χ3v) is 6.36. The summed E-state index contributed by atoms with van der Waals surface area (Å²) >= 11 is 0. The molecule has 0 bridgehead atoms. The van der Waals surface area contributed by atoms with Crippen molar-refractivity contribution in [2.45, 2.75) is 45.4 Å². The lowest BCUT2D eigenvalue weighted by Gasteiger charge is -2.23. The average molecular weight is 488 g/mol. The fourth-order valence-corrected chi connectivity index (χ4v) is 4.64. The summed E-state index contributed by atoms with van der Waals surface area (Å²) < 4.78 is 23.1. The predicted molar refractivity (Wildman–Crippen MR) is 136 cm³/mol. The summed E-state index contributed by atoms with van der Waals surface area (Å²) in [5, 5.41) is 12.2. The molecule has 3 aromatic rings. The van der Waals surface area contributed by atoms with Gasteiger partial charge in [0.15, 0.2) is 23.0 Å². The highest BCUT2D eigenvalue weighted by atomic mass is 35.5. The summed E-state index contributed by atoms with van der Waals surface area (Å²) in [6, 6.07) is 7.75. The normalized spacial score (nSPS) is 13.9. The number of phenols is 1. The van der Waals surface area contributed by atoms with Crippen LogP contribution in [-0.2, 0) is 6.42 Å². The van der Waals surface area contributed by atoms with Crippen molar-refractivity contribution < 1.29 is 24.1 Å². The van der Waals surface area contributed by atoms with Crippen LogP contribution in [0.1, 0.15) is 50.2 Å². The maximum atomic E-state index is 10.6. The molecule has 6 nitrogen and oxygen atoms in total. The first-order valence-corrected chi connectivity index (χ1v) is 11.7. The molecular weight excluding hydrogens is 454 g/mol. The molecule has 1 aliphatic rings. The van der Waals surface area contributed by atoms with Gasteiger partial charge in [0.05, 0.1) is 27.4 Å². The topological polar surface area (TPSA) is 70.0 Å². The minimum Gasteiger partial charge on any atom is -0.504 e. The highest BCUT2D eigenvalue weighted by Crippen LogP contribution is 2.41. The van der Waals surface area contributed by atoms with E-state index in [2.05, 4.69) is 4.98 Å². The number of fused-ring (bicyclic) bond motifs is 1. The van der Waals surface area contributed by atoms with Gasteiger partial charge in [0.1, 0.15) is 0 Å². The Morgan fingerprint density at radius 1 is 0.912 bits per heavy atom. The zero-order valence-corrected chi connectivity index (χ0v) is 21.0. The summed E-state index contributed by atoms with van der Waals surface area (Å²) in [5.74, 6) is 3.15. The Labute approximate surface area is 207 Å². The number of phenolic OH excluding ortho intramolecular Hbond substituents is 1. The average Bonchev–Trinajstić information content (AvgIpc) is 2.85. The number of halogens is 1. The Morgan fingerprint density at radius 3 is 2.26 bits per heavy atom. The van der Waals surface area contributed by atoms with Gasteiger partial charge in [-0.1, -0.05) is 25.3 Å². The second-order valence-corrected chi connectivity index (χ2v) is 8.56. The summed E-state index contributed by atoms with van der Waals surface area (Å²) in [6.07, 6.45) is 10.4. The number of aromatic nitrogens is 1. The van der Waals surface area contributed by atoms with Crippen LogP contribution in [0, 0.1) is 5.92 Å². The van der Waals surface area contributed by atoms with Crippen molar-refractivity contribution >= 4 is 23.2 Å². The molecule has 1 N–H and O–H groups in total. The van der Waals surface area contributed by atoms with E-state index in [-0.39, 0.29) is 18.2 Å². The Morgan fingerprint density at radius 2 is 1.62 bits per heavy atom. The maximum absolute atomic E-state index is 10.6. The molecule has 7 heteroatoms. The number of nitrogens with zero attached hydrogens (tertiary/aromatic N) is 1. The lowest BCUT2D eigenvalue weighted by Crippen LogP contribution is -2.16. The zero-order valence-electron chi connectivity index (χ0n) is 20.1. The third kappa shape index (κ3) is 5.61. The van der Waals surface area contributed by atoms with Gasteiger partial charge in [0.25, 0.3) is 0 Å². The Bertz CT molecular complexity index is 1070. The van der Waals surface area contributed by atoms with E-state index < -0.39 is 0 Å². The fourth-order valence-electron chi connectivity index (χ4n) is 4.64. The van der Waals surface area contributed by atoms with Crippen molar-refractivity contribution in [1.82, 2.24) is 4.98 Å². The van der Waals surface area contributed by atoms with Crippen LogP contribution in [0.25, 0.3) is 10.8 Å². The first kappa shape index (κ1) is 25.8. The lowest BCUT2D eigenvalue weighted by atomic mass is 9.90. The van der Waals surface area contributed by atoms with Crippen molar-refractivity contribution in [3.05, 3.63) is 47.8 Å². The summed E-state index contributed by atoms with van der Waals surface area (Å²) in [6.45, 7) is 3.06. The predicted octanol–water partition coefficient (Wildman–Crippen LogP) is 6.33. The number of hydrogen-bond donors (Lipinski definition) is 1. The number of benzene rings is 2. The van der Waals surface area contributed by atoms with Crippen molar-refractivity contribution in [3.63, 3.8) is 0 Å². The molecule has 0 saturated heterocycles. The van der Waals surface area contributed by atoms with Crippen LogP contribution < -0.4 is 18.9 Å². The molecule has 4 rings (SSSR count). The van der Waals surface area contributed by atoms with Crippen LogP contribution >= 0.6 is 12.4 Å². The second-order valence-electron chi connectivity index (χ2n) is 8.56. The highest BCUT2D eigenvalue weighted by Gasteiger charge is 2.19. The largest absolute Gasteiger partial charge is 0.504 e. The van der Waals surface area contributed by atoms with E-state index in [9.17, 15) is 5.11 Å². The van der Waals surface area contributed by atoms with Crippen LogP contribution in [0.15, 0.2) is 36.7 Å². The van der Waals surface area contributed by atoms with E-state index in [1.54, 1.807) is 26.5 Å². The monoisotopic (exact) mass is 487 g/mol. The number of rotatable bonds is 9. The molecule has 0 unspecified atom stereocenters. The van der Waals surface area contributed by atoms with Gasteiger partial charge in [-0.3, -0.25) is 4.98 Å². The first-order valence-electron chi connectivity index (χ1n) is 11.7. The zero-order chi connectivity index (χ0) is 23.2. The summed E-state index contributed by atoms with van der Waals surface area (Å²) in [7, 11) is 3.30. The highest BCUT2D eigenvalue weighted by molar-refractivity contribution is 5.92. The van der Waals surface area contributed by atoms with Crippen LogP contribution in [-0.4, -0.2) is 37.5 Å². The molecule has 0 spiro atoms. The van der Waals surface area contributed by atoms with Gasteiger partial charge >= 0.3 is 0 Å². The molecule has 1 fully saturated rings. The number of pyridine rings is 1. The molecule has 1 aromatic heterocycles. The van der Waals surface area contributed by atoms with Crippen molar-refractivity contribution in [2.75, 3.05) is 27.4 Å². The minimum absolute atomic E-state index is 0. The van der Waals surface area contributed by atoms with E-state index in [4.69, 9.17) is 18.9 Å². The molecule has 0 amide bonds. The molecular formula is C27H34ClNO5. The molecule has 0 atom stereocenters. The Hall–Kier alpha value is -2.86. The maximum Gasteiger partial charge on any atom is 0.203 e. The van der Waals surface area contributed by atoms with E-state index in [1.807, 2.05) is 31.3 Å².